The van der Waals surface area contributed by atoms with Crippen LogP contribution in [0.3, 0.4) is 0 Å². The van der Waals surface area contributed by atoms with Gasteiger partial charge in [0.1, 0.15) is 17.9 Å². The smallest absolute Gasteiger partial charge is 0.326 e. The second kappa shape index (κ2) is 6.32. The highest BCUT2D eigenvalue weighted by atomic mass is 16.5. The first-order valence-electron chi connectivity index (χ1n) is 7.92. The molecule has 0 spiro atoms. The van der Waals surface area contributed by atoms with E-state index in [0.717, 1.165) is 22.6 Å². The minimum Gasteiger partial charge on any atom is -0.482 e. The Morgan fingerprint density at radius 3 is 2.70 bits per heavy atom. The van der Waals surface area contributed by atoms with E-state index in [1.54, 1.807) is 0 Å². The molecule has 120 valence electrons. The number of hydrogen-bond donors (Lipinski definition) is 1. The van der Waals surface area contributed by atoms with Gasteiger partial charge >= 0.3 is 5.97 Å². The normalized spacial score (nSPS) is 18.0. The maximum absolute atomic E-state index is 11.7. The van der Waals surface area contributed by atoms with Gasteiger partial charge in [-0.3, -0.25) is 0 Å². The zero-order chi connectivity index (χ0) is 16.4. The molecule has 1 aliphatic rings. The number of carboxylic acids is 1. The molecule has 0 radical (unpaired) electrons. The van der Waals surface area contributed by atoms with Crippen LogP contribution < -0.4 is 9.64 Å². The van der Waals surface area contributed by atoms with E-state index in [0.29, 0.717) is 13.0 Å². The van der Waals surface area contributed by atoms with Crippen LogP contribution in [0.15, 0.2) is 48.5 Å². The van der Waals surface area contributed by atoms with E-state index in [1.165, 1.54) is 0 Å². The molecule has 0 aromatic heterocycles. The van der Waals surface area contributed by atoms with Crippen LogP contribution in [0.2, 0.25) is 0 Å². The lowest BCUT2D eigenvalue weighted by atomic mass is 10.0. The fraction of sp³-hybridized carbons (Fsp3) is 0.316. The minimum absolute atomic E-state index is 0.168. The highest BCUT2D eigenvalue weighted by molar-refractivity contribution is 5.80. The van der Waals surface area contributed by atoms with E-state index in [2.05, 4.69) is 0 Å². The Kier molecular flexibility index (Phi) is 4.24. The Bertz CT molecular complexity index is 699. The van der Waals surface area contributed by atoms with E-state index in [1.807, 2.05) is 67.3 Å². The number of anilines is 1. The summed E-state index contributed by atoms with van der Waals surface area (Å²) in [4.78, 5) is 13.6. The van der Waals surface area contributed by atoms with Crippen molar-refractivity contribution in [3.8, 4) is 5.75 Å². The molecule has 2 unspecified atom stereocenters. The highest BCUT2D eigenvalue weighted by Crippen LogP contribution is 2.40. The Balaban J connectivity index is 2.03. The zero-order valence-corrected chi connectivity index (χ0v) is 13.4. The predicted octanol–water partition coefficient (Wildman–Crippen LogP) is 3.80. The molecule has 1 N–H and O–H groups in total. The molecule has 2 atom stereocenters. The Hall–Kier alpha value is -2.49. The van der Waals surface area contributed by atoms with Crippen LogP contribution in [0.4, 0.5) is 5.69 Å². The monoisotopic (exact) mass is 311 g/mol. The summed E-state index contributed by atoms with van der Waals surface area (Å²) in [6.45, 7) is 4.44. The number of hydrogen-bond acceptors (Lipinski definition) is 3. The van der Waals surface area contributed by atoms with Crippen molar-refractivity contribution in [3.05, 3.63) is 59.7 Å². The van der Waals surface area contributed by atoms with Crippen molar-refractivity contribution in [2.24, 2.45) is 0 Å². The number of aryl methyl sites for hydroxylation is 1. The third kappa shape index (κ3) is 3.02. The average molecular weight is 311 g/mol. The number of nitrogens with zero attached hydrogens (tertiary/aromatic N) is 1. The fourth-order valence-electron chi connectivity index (χ4n) is 3.09. The van der Waals surface area contributed by atoms with Gasteiger partial charge in [0, 0.05) is 0 Å². The second-order valence-corrected chi connectivity index (χ2v) is 5.90. The SMILES string of the molecule is CCC(C(=O)O)N1CC(c2ccccc2)Oc2cc(C)ccc21. The Morgan fingerprint density at radius 2 is 2.04 bits per heavy atom. The molecule has 0 aliphatic carbocycles. The maximum Gasteiger partial charge on any atom is 0.326 e. The largest absolute Gasteiger partial charge is 0.482 e. The molecule has 0 bridgehead atoms. The molecule has 2 aromatic rings. The van der Waals surface area contributed by atoms with E-state index < -0.39 is 12.0 Å². The van der Waals surface area contributed by atoms with Crippen LogP contribution in [-0.4, -0.2) is 23.7 Å². The fourth-order valence-corrected chi connectivity index (χ4v) is 3.09. The quantitative estimate of drug-likeness (QED) is 0.933. The molecule has 0 fully saturated rings. The van der Waals surface area contributed by atoms with Crippen molar-refractivity contribution in [3.63, 3.8) is 0 Å². The number of benzene rings is 2. The van der Waals surface area contributed by atoms with Gasteiger partial charge in [-0.2, -0.15) is 0 Å². The van der Waals surface area contributed by atoms with E-state index in [-0.39, 0.29) is 6.10 Å². The topological polar surface area (TPSA) is 49.8 Å². The van der Waals surface area contributed by atoms with Gasteiger partial charge in [-0.05, 0) is 36.6 Å². The summed E-state index contributed by atoms with van der Waals surface area (Å²) in [5, 5.41) is 9.58. The van der Waals surface area contributed by atoms with Crippen molar-refractivity contribution < 1.29 is 14.6 Å². The van der Waals surface area contributed by atoms with Crippen LogP contribution in [0.25, 0.3) is 0 Å². The highest BCUT2D eigenvalue weighted by Gasteiger charge is 2.33. The summed E-state index contributed by atoms with van der Waals surface area (Å²) in [6.07, 6.45) is 0.378. The van der Waals surface area contributed by atoms with Crippen LogP contribution >= 0.6 is 0 Å². The summed E-state index contributed by atoms with van der Waals surface area (Å²) in [5.41, 5.74) is 3.02. The first kappa shape index (κ1) is 15.4. The van der Waals surface area contributed by atoms with E-state index in [4.69, 9.17) is 4.74 Å². The van der Waals surface area contributed by atoms with Gasteiger partial charge in [-0.1, -0.05) is 43.3 Å². The molecule has 0 saturated carbocycles. The van der Waals surface area contributed by atoms with E-state index in [9.17, 15) is 9.90 Å². The van der Waals surface area contributed by atoms with Crippen molar-refractivity contribution in [2.45, 2.75) is 32.4 Å². The lowest BCUT2D eigenvalue weighted by Gasteiger charge is -2.39. The third-order valence-electron chi connectivity index (χ3n) is 4.28. The second-order valence-electron chi connectivity index (χ2n) is 5.90. The minimum atomic E-state index is -0.798. The van der Waals surface area contributed by atoms with Gasteiger partial charge < -0.3 is 14.7 Å². The Labute approximate surface area is 136 Å². The van der Waals surface area contributed by atoms with Crippen LogP contribution in [0, 0.1) is 6.92 Å². The molecular weight excluding hydrogens is 290 g/mol. The lowest BCUT2D eigenvalue weighted by Crippen LogP contribution is -2.46. The third-order valence-corrected chi connectivity index (χ3v) is 4.28. The summed E-state index contributed by atoms with van der Waals surface area (Å²) in [6, 6.07) is 15.3. The molecule has 4 heteroatoms. The van der Waals surface area contributed by atoms with Crippen molar-refractivity contribution in [1.82, 2.24) is 0 Å². The number of ether oxygens (including phenoxy) is 1. The first-order valence-corrected chi connectivity index (χ1v) is 7.92. The van der Waals surface area contributed by atoms with Gasteiger partial charge in [0.2, 0.25) is 0 Å². The van der Waals surface area contributed by atoms with Gasteiger partial charge in [0.05, 0.1) is 12.2 Å². The molecule has 2 aromatic carbocycles. The number of rotatable bonds is 4. The van der Waals surface area contributed by atoms with Crippen molar-refractivity contribution in [2.75, 3.05) is 11.4 Å². The van der Waals surface area contributed by atoms with Gasteiger partial charge in [-0.25, -0.2) is 4.79 Å². The molecule has 23 heavy (non-hydrogen) atoms. The van der Waals surface area contributed by atoms with Gasteiger partial charge in [0.25, 0.3) is 0 Å². The molecule has 0 saturated heterocycles. The van der Waals surface area contributed by atoms with Crippen molar-refractivity contribution in [1.29, 1.82) is 0 Å². The summed E-state index contributed by atoms with van der Waals surface area (Å²) >= 11 is 0. The number of carboxylic acid groups (broad SMARTS) is 1. The number of aliphatic carboxylic acids is 1. The molecule has 1 aliphatic heterocycles. The number of fused-ring (bicyclic) bond motifs is 1. The van der Waals surface area contributed by atoms with Gasteiger partial charge in [0.15, 0.2) is 0 Å². The number of carbonyl (C=O) groups is 1. The van der Waals surface area contributed by atoms with E-state index >= 15 is 0 Å². The lowest BCUT2D eigenvalue weighted by molar-refractivity contribution is -0.138. The molecular formula is C19H21NO3. The molecule has 4 nitrogen and oxygen atoms in total. The Morgan fingerprint density at radius 1 is 1.30 bits per heavy atom. The average Bonchev–Trinajstić information content (AvgIpc) is 2.55. The summed E-state index contributed by atoms with van der Waals surface area (Å²) < 4.78 is 6.17. The van der Waals surface area contributed by atoms with Crippen molar-refractivity contribution >= 4 is 11.7 Å². The molecule has 0 amide bonds. The molecule has 1 heterocycles. The van der Waals surface area contributed by atoms with Crippen LogP contribution in [0.5, 0.6) is 5.75 Å². The first-order chi connectivity index (χ1) is 11.1. The van der Waals surface area contributed by atoms with Gasteiger partial charge in [-0.15, -0.1) is 0 Å². The summed E-state index contributed by atoms with van der Waals surface area (Å²) in [7, 11) is 0. The zero-order valence-electron chi connectivity index (χ0n) is 13.4. The predicted molar refractivity (Wildman–Crippen MR) is 90.1 cm³/mol. The maximum atomic E-state index is 11.7. The summed E-state index contributed by atoms with van der Waals surface area (Å²) in [5.74, 6) is -0.0439. The standard InChI is InChI=1S/C19H21NO3/c1-3-15(19(21)22)20-12-18(14-7-5-4-6-8-14)23-17-11-13(2)9-10-16(17)20/h4-11,15,18H,3,12H2,1-2H3,(H,21,22). The van der Waals surface area contributed by atoms with Crippen LogP contribution in [-0.2, 0) is 4.79 Å². The van der Waals surface area contributed by atoms with Crippen LogP contribution in [0.1, 0.15) is 30.6 Å². The molecule has 3 rings (SSSR count).